The van der Waals surface area contributed by atoms with Crippen LogP contribution >= 0.6 is 24.0 Å². The first-order valence-electron chi connectivity index (χ1n) is 9.57. The number of hydrogen-bond acceptors (Lipinski definition) is 3. The Morgan fingerprint density at radius 2 is 1.84 bits per heavy atom. The van der Waals surface area contributed by atoms with Crippen molar-refractivity contribution in [1.29, 1.82) is 0 Å². The summed E-state index contributed by atoms with van der Waals surface area (Å²) in [6.45, 7) is 6.96. The highest BCUT2D eigenvalue weighted by Gasteiger charge is 2.38. The molecule has 0 aromatic carbocycles. The molecule has 2 unspecified atom stereocenters. The van der Waals surface area contributed by atoms with E-state index in [0.29, 0.717) is 25.2 Å². The number of amides is 1. The van der Waals surface area contributed by atoms with Gasteiger partial charge in [0, 0.05) is 45.2 Å². The number of rotatable bonds is 4. The number of nitrogens with one attached hydrogen (secondary N) is 1. The minimum Gasteiger partial charge on any atom is -0.378 e. The van der Waals surface area contributed by atoms with Crippen LogP contribution < -0.4 is 5.32 Å². The molecule has 2 atom stereocenters. The molecule has 2 heterocycles. The maximum atomic E-state index is 12.6. The smallest absolute Gasteiger partial charge is 0.225 e. The Kier molecular flexibility index (Phi) is 8.25. The minimum absolute atomic E-state index is 0. The number of nitrogens with zero attached hydrogens (tertiary/aromatic N) is 3. The van der Waals surface area contributed by atoms with Crippen LogP contribution in [0.5, 0.6) is 0 Å². The van der Waals surface area contributed by atoms with Gasteiger partial charge in [-0.1, -0.05) is 13.3 Å². The van der Waals surface area contributed by atoms with Crippen LogP contribution in [0.25, 0.3) is 0 Å². The van der Waals surface area contributed by atoms with Gasteiger partial charge in [-0.25, -0.2) is 0 Å². The van der Waals surface area contributed by atoms with Gasteiger partial charge in [0.2, 0.25) is 5.91 Å². The Balaban J connectivity index is 0.00000225. The Hall–Kier alpha value is -0.570. The molecule has 2 saturated heterocycles. The van der Waals surface area contributed by atoms with Crippen LogP contribution in [0.2, 0.25) is 0 Å². The predicted molar refractivity (Wildman–Crippen MR) is 110 cm³/mol. The van der Waals surface area contributed by atoms with E-state index >= 15 is 0 Å². The molecule has 0 radical (unpaired) electrons. The van der Waals surface area contributed by atoms with Gasteiger partial charge in [0.15, 0.2) is 5.96 Å². The second-order valence-electron chi connectivity index (χ2n) is 7.28. The van der Waals surface area contributed by atoms with Crippen molar-refractivity contribution in [2.24, 2.45) is 16.8 Å². The third-order valence-corrected chi connectivity index (χ3v) is 5.57. The first-order chi connectivity index (χ1) is 11.7. The molecule has 0 bridgehead atoms. The van der Waals surface area contributed by atoms with Crippen LogP contribution in [0.1, 0.15) is 39.0 Å². The molecule has 0 aromatic heterocycles. The quantitative estimate of drug-likeness (QED) is 0.393. The van der Waals surface area contributed by atoms with E-state index in [9.17, 15) is 4.79 Å². The molecule has 1 aliphatic carbocycles. The zero-order valence-corrected chi connectivity index (χ0v) is 17.9. The van der Waals surface area contributed by atoms with Crippen molar-refractivity contribution >= 4 is 35.8 Å². The maximum absolute atomic E-state index is 12.6. The number of carbonyl (C=O) groups excluding carboxylic acids is 1. The van der Waals surface area contributed by atoms with Crippen molar-refractivity contribution in [3.05, 3.63) is 0 Å². The topological polar surface area (TPSA) is 57.2 Å². The van der Waals surface area contributed by atoms with Crippen molar-refractivity contribution in [1.82, 2.24) is 15.1 Å². The summed E-state index contributed by atoms with van der Waals surface area (Å²) in [7, 11) is 1.87. The molecule has 1 N–H and O–H groups in total. The van der Waals surface area contributed by atoms with Crippen LogP contribution in [-0.2, 0) is 9.53 Å². The second kappa shape index (κ2) is 9.94. The number of likely N-dealkylation sites (tertiary alicyclic amines) is 1. The van der Waals surface area contributed by atoms with Crippen molar-refractivity contribution in [3.8, 4) is 0 Å². The van der Waals surface area contributed by atoms with Crippen LogP contribution in [-0.4, -0.2) is 74.1 Å². The van der Waals surface area contributed by atoms with Gasteiger partial charge in [0.05, 0.1) is 13.2 Å². The molecule has 144 valence electrons. The molecule has 1 saturated carbocycles. The largest absolute Gasteiger partial charge is 0.378 e. The summed E-state index contributed by atoms with van der Waals surface area (Å²) in [6.07, 6.45) is 5.71. The van der Waals surface area contributed by atoms with Crippen molar-refractivity contribution in [2.75, 3.05) is 46.4 Å². The number of morpholine rings is 1. The van der Waals surface area contributed by atoms with Gasteiger partial charge in [-0.3, -0.25) is 9.79 Å². The summed E-state index contributed by atoms with van der Waals surface area (Å²) in [5.74, 6) is 2.35. The fraction of sp³-hybridized carbons (Fsp3) is 0.889. The maximum Gasteiger partial charge on any atom is 0.225 e. The first-order valence-corrected chi connectivity index (χ1v) is 9.57. The fourth-order valence-electron chi connectivity index (χ4n) is 3.96. The number of piperidine rings is 1. The Morgan fingerprint density at radius 1 is 1.16 bits per heavy atom. The molecular formula is C18H33IN4O2. The Morgan fingerprint density at radius 3 is 2.44 bits per heavy atom. The lowest BCUT2D eigenvalue weighted by molar-refractivity contribution is -0.140. The summed E-state index contributed by atoms with van der Waals surface area (Å²) in [5.41, 5.74) is 0. The lowest BCUT2D eigenvalue weighted by atomic mass is 9.95. The summed E-state index contributed by atoms with van der Waals surface area (Å²) in [5, 5.41) is 3.62. The molecule has 3 aliphatic rings. The van der Waals surface area contributed by atoms with E-state index in [4.69, 9.17) is 4.74 Å². The molecular weight excluding hydrogens is 431 g/mol. The van der Waals surface area contributed by atoms with E-state index in [0.717, 1.165) is 50.9 Å². The minimum atomic E-state index is 0. The Labute approximate surface area is 168 Å². The number of halogens is 1. The van der Waals surface area contributed by atoms with Crippen LogP contribution in [0.3, 0.4) is 0 Å². The van der Waals surface area contributed by atoms with E-state index in [1.165, 1.54) is 19.3 Å². The lowest BCUT2D eigenvalue weighted by Crippen LogP contribution is -2.50. The SMILES string of the molecule is CCCC1CC1NC(=NC)N1CCC(C(=O)N2CCOCC2)CC1.I. The van der Waals surface area contributed by atoms with Gasteiger partial charge in [0.1, 0.15) is 0 Å². The highest BCUT2D eigenvalue weighted by molar-refractivity contribution is 14.0. The van der Waals surface area contributed by atoms with Gasteiger partial charge in [-0.05, 0) is 31.6 Å². The number of carbonyl (C=O) groups is 1. The summed E-state index contributed by atoms with van der Waals surface area (Å²) >= 11 is 0. The average molecular weight is 464 g/mol. The third-order valence-electron chi connectivity index (χ3n) is 5.57. The van der Waals surface area contributed by atoms with Crippen LogP contribution in [0.4, 0.5) is 0 Å². The molecule has 0 spiro atoms. The fourth-order valence-corrected chi connectivity index (χ4v) is 3.96. The zero-order chi connectivity index (χ0) is 16.9. The number of guanidine groups is 1. The molecule has 25 heavy (non-hydrogen) atoms. The molecule has 3 rings (SSSR count). The van der Waals surface area contributed by atoms with Gasteiger partial charge in [-0.2, -0.15) is 0 Å². The first kappa shape index (κ1) is 20.7. The molecule has 2 aliphatic heterocycles. The zero-order valence-electron chi connectivity index (χ0n) is 15.6. The summed E-state index contributed by atoms with van der Waals surface area (Å²) in [6, 6.07) is 0.608. The van der Waals surface area contributed by atoms with Gasteiger partial charge in [0.25, 0.3) is 0 Å². The number of ether oxygens (including phenoxy) is 1. The van der Waals surface area contributed by atoms with E-state index in [-0.39, 0.29) is 29.9 Å². The van der Waals surface area contributed by atoms with E-state index in [1.807, 2.05) is 11.9 Å². The Bertz CT molecular complexity index is 460. The molecule has 7 heteroatoms. The van der Waals surface area contributed by atoms with Crippen molar-refractivity contribution < 1.29 is 9.53 Å². The van der Waals surface area contributed by atoms with Gasteiger partial charge in [-0.15, -0.1) is 24.0 Å². The lowest BCUT2D eigenvalue weighted by Gasteiger charge is -2.36. The normalized spacial score (nSPS) is 27.7. The second-order valence-corrected chi connectivity index (χ2v) is 7.28. The molecule has 6 nitrogen and oxygen atoms in total. The van der Waals surface area contributed by atoms with Crippen LogP contribution in [0, 0.1) is 11.8 Å². The van der Waals surface area contributed by atoms with E-state index in [1.54, 1.807) is 0 Å². The standard InChI is InChI=1S/C18H32N4O2.HI/c1-3-4-15-13-16(15)20-18(19-2)22-7-5-14(6-8-22)17(23)21-9-11-24-12-10-21;/h14-16H,3-13H2,1-2H3,(H,19,20);1H. The van der Waals surface area contributed by atoms with E-state index < -0.39 is 0 Å². The van der Waals surface area contributed by atoms with Crippen LogP contribution in [0.15, 0.2) is 4.99 Å². The molecule has 3 fully saturated rings. The third kappa shape index (κ3) is 5.45. The number of hydrogen-bond donors (Lipinski definition) is 1. The van der Waals surface area contributed by atoms with Crippen molar-refractivity contribution in [3.63, 3.8) is 0 Å². The summed E-state index contributed by atoms with van der Waals surface area (Å²) in [4.78, 5) is 21.4. The van der Waals surface area contributed by atoms with Gasteiger partial charge < -0.3 is 19.9 Å². The monoisotopic (exact) mass is 464 g/mol. The predicted octanol–water partition coefficient (Wildman–Crippen LogP) is 1.94. The number of aliphatic imine (C=N–C) groups is 1. The highest BCUT2D eigenvalue weighted by atomic mass is 127. The average Bonchev–Trinajstić information content (AvgIpc) is 3.38. The molecule has 1 amide bonds. The van der Waals surface area contributed by atoms with E-state index in [2.05, 4.69) is 22.1 Å². The highest BCUT2D eigenvalue weighted by Crippen LogP contribution is 2.34. The van der Waals surface area contributed by atoms with Crippen molar-refractivity contribution in [2.45, 2.75) is 45.1 Å². The molecule has 0 aromatic rings. The summed E-state index contributed by atoms with van der Waals surface area (Å²) < 4.78 is 5.34. The van der Waals surface area contributed by atoms with Gasteiger partial charge >= 0.3 is 0 Å².